The second kappa shape index (κ2) is 9.69. The maximum absolute atomic E-state index is 10.3. The number of esters is 2. The average molecular weight is 214 g/mol. The van der Waals surface area contributed by atoms with Gasteiger partial charge in [-0.15, -0.1) is 0 Å². The van der Waals surface area contributed by atoms with Gasteiger partial charge in [0.25, 0.3) is 0 Å². The van der Waals surface area contributed by atoms with Crippen molar-refractivity contribution in [2.24, 2.45) is 0 Å². The Morgan fingerprint density at radius 2 is 1.07 bits per heavy atom. The molecule has 0 aliphatic heterocycles. The molecule has 0 saturated heterocycles. The second-order valence-corrected chi connectivity index (χ2v) is 3.67. The third-order valence-electron chi connectivity index (χ3n) is 2.31. The molecule has 0 spiro atoms. The second-order valence-electron chi connectivity index (χ2n) is 3.67. The summed E-state index contributed by atoms with van der Waals surface area (Å²) in [6, 6.07) is 0. The lowest BCUT2D eigenvalue weighted by Crippen LogP contribution is -2.09. The van der Waals surface area contributed by atoms with Gasteiger partial charge in [0.2, 0.25) is 0 Å². The Balaban J connectivity index is 0.000000280. The molecule has 1 aliphatic rings. The minimum Gasteiger partial charge on any atom is -0.393 e. The Morgan fingerprint density at radius 3 is 1.27 bits per heavy atom. The van der Waals surface area contributed by atoms with Crippen LogP contribution in [0.5, 0.6) is 0 Å². The van der Waals surface area contributed by atoms with Crippen molar-refractivity contribution in [2.45, 2.75) is 65.2 Å². The lowest BCUT2D eigenvalue weighted by atomic mass is 10.0. The number of carbonyl (C=O) groups excluding carboxylic acids is 2. The molecule has 1 fully saturated rings. The first-order chi connectivity index (χ1) is 7.20. The molecule has 1 saturated carbocycles. The fourth-order valence-electron chi connectivity index (χ4n) is 1.33. The first-order valence-corrected chi connectivity index (χ1v) is 5.94. The van der Waals surface area contributed by atoms with E-state index in [1.54, 1.807) is 13.8 Å². The molecule has 0 atom stereocenters. The molecule has 0 bridgehead atoms. The third kappa shape index (κ3) is 9.44. The minimum absolute atomic E-state index is 0.256. The zero-order valence-corrected chi connectivity index (χ0v) is 9.88. The van der Waals surface area contributed by atoms with Gasteiger partial charge in [-0.3, -0.25) is 9.59 Å². The van der Waals surface area contributed by atoms with Gasteiger partial charge in [0.05, 0.1) is 0 Å². The molecule has 1 rings (SSSR count). The summed E-state index contributed by atoms with van der Waals surface area (Å²) in [6.45, 7) is 3.29. The van der Waals surface area contributed by atoms with Gasteiger partial charge in [0.1, 0.15) is 0 Å². The summed E-state index contributed by atoms with van der Waals surface area (Å²) >= 11 is 0. The van der Waals surface area contributed by atoms with Gasteiger partial charge in [-0.25, -0.2) is 0 Å². The van der Waals surface area contributed by atoms with Crippen LogP contribution in [0.3, 0.4) is 0 Å². The fourth-order valence-corrected chi connectivity index (χ4v) is 1.33. The molecular formula is C12H22O3. The molecule has 0 aromatic carbocycles. The molecule has 3 heteroatoms. The van der Waals surface area contributed by atoms with Crippen LogP contribution in [0.1, 0.15) is 65.2 Å². The number of hydrogen-bond donors (Lipinski definition) is 0. The highest BCUT2D eigenvalue weighted by Gasteiger charge is 2.03. The molecule has 88 valence electrons. The predicted molar refractivity (Wildman–Crippen MR) is 59.4 cm³/mol. The van der Waals surface area contributed by atoms with Gasteiger partial charge < -0.3 is 4.74 Å². The van der Waals surface area contributed by atoms with E-state index in [9.17, 15) is 9.59 Å². The fraction of sp³-hybridized carbons (Fsp3) is 0.833. The highest BCUT2D eigenvalue weighted by atomic mass is 16.6. The molecule has 0 radical (unpaired) electrons. The zero-order valence-electron chi connectivity index (χ0n) is 9.88. The van der Waals surface area contributed by atoms with E-state index in [1.165, 1.54) is 38.5 Å². The van der Waals surface area contributed by atoms with Gasteiger partial charge in [-0.2, -0.15) is 0 Å². The Labute approximate surface area is 92.2 Å². The van der Waals surface area contributed by atoms with Crippen molar-refractivity contribution in [2.75, 3.05) is 0 Å². The Hall–Kier alpha value is -0.860. The smallest absolute Gasteiger partial charge is 0.313 e. The molecule has 0 unspecified atom stereocenters. The van der Waals surface area contributed by atoms with E-state index in [4.69, 9.17) is 0 Å². The van der Waals surface area contributed by atoms with Crippen molar-refractivity contribution in [3.8, 4) is 0 Å². The molecule has 0 aromatic rings. The van der Waals surface area contributed by atoms with Crippen molar-refractivity contribution in [1.82, 2.24) is 0 Å². The number of ether oxygens (including phenoxy) is 1. The molecule has 15 heavy (non-hydrogen) atoms. The molecular weight excluding hydrogens is 192 g/mol. The Bertz CT molecular complexity index is 158. The van der Waals surface area contributed by atoms with Crippen LogP contribution in [-0.4, -0.2) is 11.9 Å². The van der Waals surface area contributed by atoms with E-state index < -0.39 is 11.9 Å². The molecule has 0 aromatic heterocycles. The van der Waals surface area contributed by atoms with E-state index in [-0.39, 0.29) is 12.8 Å². The van der Waals surface area contributed by atoms with Crippen LogP contribution in [-0.2, 0) is 14.3 Å². The first kappa shape index (κ1) is 14.1. The standard InChI is InChI=1S/C6H10O3.C6H12/c1-3-5(7)9-6(8)4-2;1-2-4-6-5-3-1/h3-4H2,1-2H3;1-6H2. The molecule has 0 amide bonds. The van der Waals surface area contributed by atoms with Gasteiger partial charge >= 0.3 is 11.9 Å². The van der Waals surface area contributed by atoms with Crippen LogP contribution >= 0.6 is 0 Å². The van der Waals surface area contributed by atoms with Crippen LogP contribution in [0.25, 0.3) is 0 Å². The summed E-state index contributed by atoms with van der Waals surface area (Å²) in [7, 11) is 0. The van der Waals surface area contributed by atoms with Crippen molar-refractivity contribution < 1.29 is 14.3 Å². The van der Waals surface area contributed by atoms with E-state index in [1.807, 2.05) is 0 Å². The van der Waals surface area contributed by atoms with Crippen molar-refractivity contribution in [3.63, 3.8) is 0 Å². The van der Waals surface area contributed by atoms with Gasteiger partial charge in [0.15, 0.2) is 0 Å². The Kier molecular flexibility index (Phi) is 9.13. The topological polar surface area (TPSA) is 43.4 Å². The van der Waals surface area contributed by atoms with Crippen LogP contribution < -0.4 is 0 Å². The molecule has 0 N–H and O–H groups in total. The maximum Gasteiger partial charge on any atom is 0.313 e. The van der Waals surface area contributed by atoms with E-state index in [0.717, 1.165) is 0 Å². The average Bonchev–Trinajstić information content (AvgIpc) is 2.31. The quantitative estimate of drug-likeness (QED) is 0.523. The van der Waals surface area contributed by atoms with Crippen LogP contribution in [0.2, 0.25) is 0 Å². The third-order valence-corrected chi connectivity index (χ3v) is 2.31. The van der Waals surface area contributed by atoms with Crippen molar-refractivity contribution >= 4 is 11.9 Å². The SMILES string of the molecule is C1CCCCC1.CCC(=O)OC(=O)CC. The van der Waals surface area contributed by atoms with E-state index in [2.05, 4.69) is 4.74 Å². The molecule has 1 aliphatic carbocycles. The largest absolute Gasteiger partial charge is 0.393 e. The van der Waals surface area contributed by atoms with E-state index in [0.29, 0.717) is 0 Å². The lowest BCUT2D eigenvalue weighted by molar-refractivity contribution is -0.159. The summed E-state index contributed by atoms with van der Waals surface area (Å²) in [5.74, 6) is -0.913. The molecule has 3 nitrogen and oxygen atoms in total. The van der Waals surface area contributed by atoms with Crippen LogP contribution in [0.15, 0.2) is 0 Å². The highest BCUT2D eigenvalue weighted by molar-refractivity contribution is 5.84. The van der Waals surface area contributed by atoms with Gasteiger partial charge in [-0.1, -0.05) is 52.4 Å². The molecule has 0 heterocycles. The normalized spacial score (nSPS) is 14.8. The van der Waals surface area contributed by atoms with Crippen molar-refractivity contribution in [1.29, 1.82) is 0 Å². The van der Waals surface area contributed by atoms with Gasteiger partial charge in [0, 0.05) is 12.8 Å². The number of hydrogen-bond acceptors (Lipinski definition) is 3. The summed E-state index contributed by atoms with van der Waals surface area (Å²) < 4.78 is 4.27. The predicted octanol–water partition coefficient (Wildman–Crippen LogP) is 3.22. The summed E-state index contributed by atoms with van der Waals surface area (Å²) in [5.41, 5.74) is 0. The lowest BCUT2D eigenvalue weighted by Gasteiger charge is -2.05. The highest BCUT2D eigenvalue weighted by Crippen LogP contribution is 2.15. The monoisotopic (exact) mass is 214 g/mol. The summed E-state index contributed by atoms with van der Waals surface area (Å²) in [4.78, 5) is 20.7. The van der Waals surface area contributed by atoms with Crippen molar-refractivity contribution in [3.05, 3.63) is 0 Å². The van der Waals surface area contributed by atoms with Gasteiger partial charge in [-0.05, 0) is 0 Å². The minimum atomic E-state index is -0.457. The first-order valence-electron chi connectivity index (χ1n) is 5.94. The number of rotatable bonds is 2. The van der Waals surface area contributed by atoms with E-state index >= 15 is 0 Å². The summed E-state index contributed by atoms with van der Waals surface area (Å²) in [6.07, 6.45) is 9.51. The summed E-state index contributed by atoms with van der Waals surface area (Å²) in [5, 5.41) is 0. The maximum atomic E-state index is 10.3. The van der Waals surface area contributed by atoms with Crippen LogP contribution in [0.4, 0.5) is 0 Å². The Morgan fingerprint density at radius 1 is 0.800 bits per heavy atom. The van der Waals surface area contributed by atoms with Crippen LogP contribution in [0, 0.1) is 0 Å². The number of carbonyl (C=O) groups is 2. The zero-order chi connectivity index (χ0) is 11.5.